The third kappa shape index (κ3) is 5.22. The monoisotopic (exact) mass is 378 g/mol. The van der Waals surface area contributed by atoms with Crippen molar-refractivity contribution < 1.29 is 9.53 Å². The van der Waals surface area contributed by atoms with Gasteiger partial charge in [-0.3, -0.25) is 4.79 Å². The van der Waals surface area contributed by atoms with Gasteiger partial charge in [-0.1, -0.05) is 30.3 Å². The molecule has 5 heteroatoms. The van der Waals surface area contributed by atoms with Crippen molar-refractivity contribution in [3.63, 3.8) is 0 Å². The van der Waals surface area contributed by atoms with Crippen LogP contribution in [0.2, 0.25) is 0 Å². The molecule has 2 aromatic rings. The zero-order valence-corrected chi connectivity index (χ0v) is 15.2. The van der Waals surface area contributed by atoms with Crippen molar-refractivity contribution in [2.24, 2.45) is 0 Å². The molecule has 1 heterocycles. The Kier molecular flexibility index (Phi) is 6.86. The first-order valence-electron chi connectivity index (χ1n) is 7.92. The van der Waals surface area contributed by atoms with E-state index in [1.54, 1.807) is 0 Å². The molecule has 1 atom stereocenters. The minimum Gasteiger partial charge on any atom is -0.374 e. The molecule has 0 fully saturated rings. The van der Waals surface area contributed by atoms with Crippen LogP contribution in [-0.2, 0) is 11.3 Å². The fraction of sp³-hybridized carbons (Fsp3) is 0.389. The number of halogens is 1. The molecule has 23 heavy (non-hydrogen) atoms. The summed E-state index contributed by atoms with van der Waals surface area (Å²) in [5.74, 6) is -0.0475. The zero-order valence-electron chi connectivity index (χ0n) is 13.6. The first-order valence-corrected chi connectivity index (χ1v) is 8.71. The van der Waals surface area contributed by atoms with Gasteiger partial charge in [0.2, 0.25) is 0 Å². The smallest absolute Gasteiger partial charge is 0.267 e. The second-order valence-electron chi connectivity index (χ2n) is 5.36. The molecule has 0 saturated carbocycles. The maximum absolute atomic E-state index is 12.2. The normalized spacial score (nSPS) is 12.1. The third-order valence-electron chi connectivity index (χ3n) is 3.68. The number of carbonyl (C=O) groups excluding carboxylic acids is 1. The lowest BCUT2D eigenvalue weighted by Gasteiger charge is -2.13. The molecule has 124 valence electrons. The van der Waals surface area contributed by atoms with Gasteiger partial charge in [-0.05, 0) is 47.8 Å². The van der Waals surface area contributed by atoms with Crippen LogP contribution in [0, 0.1) is 0 Å². The van der Waals surface area contributed by atoms with Crippen LogP contribution in [0.5, 0.6) is 0 Å². The number of ether oxygens (including phenoxy) is 1. The maximum Gasteiger partial charge on any atom is 0.267 e. The van der Waals surface area contributed by atoms with Crippen molar-refractivity contribution in [2.75, 3.05) is 13.2 Å². The summed E-state index contributed by atoms with van der Waals surface area (Å²) in [6.07, 6.45) is 2.77. The number of nitrogens with zero attached hydrogens (tertiary/aromatic N) is 1. The largest absolute Gasteiger partial charge is 0.374 e. The predicted molar refractivity (Wildman–Crippen MR) is 95.6 cm³/mol. The van der Waals surface area contributed by atoms with E-state index >= 15 is 0 Å². The number of aromatic nitrogens is 1. The van der Waals surface area contributed by atoms with Crippen LogP contribution in [0.1, 0.15) is 42.4 Å². The lowest BCUT2D eigenvalue weighted by molar-refractivity contribution is 0.0634. The molecule has 1 aromatic carbocycles. The third-order valence-corrected chi connectivity index (χ3v) is 4.11. The van der Waals surface area contributed by atoms with E-state index in [4.69, 9.17) is 4.74 Å². The molecule has 1 amide bonds. The van der Waals surface area contributed by atoms with E-state index in [1.165, 1.54) is 5.56 Å². The van der Waals surface area contributed by atoms with Crippen molar-refractivity contribution in [3.05, 3.63) is 58.3 Å². The van der Waals surface area contributed by atoms with Gasteiger partial charge in [-0.15, -0.1) is 0 Å². The number of benzene rings is 1. The Labute approximate surface area is 146 Å². The van der Waals surface area contributed by atoms with Crippen LogP contribution in [0.3, 0.4) is 0 Å². The van der Waals surface area contributed by atoms with Crippen molar-refractivity contribution in [1.29, 1.82) is 0 Å². The lowest BCUT2D eigenvalue weighted by atomic mass is 10.1. The summed E-state index contributed by atoms with van der Waals surface area (Å²) >= 11 is 3.40. The highest BCUT2D eigenvalue weighted by molar-refractivity contribution is 9.10. The fourth-order valence-corrected chi connectivity index (χ4v) is 2.84. The average Bonchev–Trinajstić information content (AvgIpc) is 2.96. The number of nitrogens with one attached hydrogen (secondary N) is 1. The molecule has 0 aliphatic heterocycles. The number of carbonyl (C=O) groups is 1. The lowest BCUT2D eigenvalue weighted by Crippen LogP contribution is -2.27. The Bertz CT molecular complexity index is 625. The van der Waals surface area contributed by atoms with Gasteiger partial charge < -0.3 is 14.6 Å². The van der Waals surface area contributed by atoms with E-state index in [0.29, 0.717) is 18.8 Å². The summed E-state index contributed by atoms with van der Waals surface area (Å²) in [7, 11) is 0. The van der Waals surface area contributed by atoms with E-state index in [-0.39, 0.29) is 12.0 Å². The summed E-state index contributed by atoms with van der Waals surface area (Å²) in [5.41, 5.74) is 1.85. The fourth-order valence-electron chi connectivity index (χ4n) is 2.37. The molecular weight excluding hydrogens is 356 g/mol. The van der Waals surface area contributed by atoms with E-state index in [2.05, 4.69) is 33.4 Å². The summed E-state index contributed by atoms with van der Waals surface area (Å²) in [5, 5.41) is 2.94. The number of aryl methyl sites for hydroxylation is 1. The molecule has 0 aliphatic carbocycles. The van der Waals surface area contributed by atoms with Gasteiger partial charge >= 0.3 is 0 Å². The van der Waals surface area contributed by atoms with E-state index in [0.717, 1.165) is 17.4 Å². The number of rotatable bonds is 8. The van der Waals surface area contributed by atoms with Crippen LogP contribution >= 0.6 is 15.9 Å². The van der Waals surface area contributed by atoms with Crippen LogP contribution in [0.4, 0.5) is 0 Å². The Morgan fingerprint density at radius 3 is 2.78 bits per heavy atom. The molecule has 0 aliphatic rings. The first-order chi connectivity index (χ1) is 11.1. The van der Waals surface area contributed by atoms with Gasteiger partial charge in [-0.25, -0.2) is 0 Å². The number of hydrogen-bond acceptors (Lipinski definition) is 2. The maximum atomic E-state index is 12.2. The predicted octanol–water partition coefficient (Wildman–Crippen LogP) is 4.17. The molecule has 0 spiro atoms. The first kappa shape index (κ1) is 17.8. The highest BCUT2D eigenvalue weighted by Gasteiger charge is 2.11. The van der Waals surface area contributed by atoms with Crippen molar-refractivity contribution in [3.8, 4) is 0 Å². The molecule has 0 saturated heterocycles. The van der Waals surface area contributed by atoms with E-state index < -0.39 is 0 Å². The molecule has 0 bridgehead atoms. The molecule has 0 radical (unpaired) electrons. The summed E-state index contributed by atoms with van der Waals surface area (Å²) in [4.78, 5) is 12.2. The number of hydrogen-bond donors (Lipinski definition) is 1. The quantitative estimate of drug-likeness (QED) is 0.700. The van der Waals surface area contributed by atoms with Gasteiger partial charge in [0.15, 0.2) is 0 Å². The Morgan fingerprint density at radius 1 is 1.35 bits per heavy atom. The molecule has 1 N–H and O–H groups in total. The summed E-state index contributed by atoms with van der Waals surface area (Å²) < 4.78 is 8.65. The SMILES string of the molecule is CCn1cc(Br)cc1C(=O)NCCCOC(C)c1ccccc1. The average molecular weight is 379 g/mol. The molecular formula is C18H23BrN2O2. The van der Waals surface area contributed by atoms with Gasteiger partial charge in [0.05, 0.1) is 6.10 Å². The minimum atomic E-state index is -0.0475. The summed E-state index contributed by atoms with van der Waals surface area (Å²) in [6.45, 7) is 6.05. The Hall–Kier alpha value is -1.59. The van der Waals surface area contributed by atoms with Crippen LogP contribution in [-0.4, -0.2) is 23.6 Å². The molecule has 4 nitrogen and oxygen atoms in total. The molecule has 2 rings (SSSR count). The minimum absolute atomic E-state index is 0.0475. The second-order valence-corrected chi connectivity index (χ2v) is 6.28. The van der Waals surface area contributed by atoms with Crippen LogP contribution in [0.25, 0.3) is 0 Å². The topological polar surface area (TPSA) is 43.3 Å². The van der Waals surface area contributed by atoms with E-state index in [1.807, 2.05) is 48.9 Å². The van der Waals surface area contributed by atoms with Crippen LogP contribution in [0.15, 0.2) is 47.1 Å². The highest BCUT2D eigenvalue weighted by atomic mass is 79.9. The van der Waals surface area contributed by atoms with E-state index in [9.17, 15) is 4.79 Å². The number of amides is 1. The van der Waals surface area contributed by atoms with Crippen LogP contribution < -0.4 is 5.32 Å². The van der Waals surface area contributed by atoms with Crippen molar-refractivity contribution in [2.45, 2.75) is 32.9 Å². The molecule has 1 aromatic heterocycles. The second kappa shape index (κ2) is 8.89. The van der Waals surface area contributed by atoms with Crippen molar-refractivity contribution in [1.82, 2.24) is 9.88 Å². The zero-order chi connectivity index (χ0) is 16.7. The summed E-state index contributed by atoms with van der Waals surface area (Å²) in [6, 6.07) is 12.0. The van der Waals surface area contributed by atoms with Gasteiger partial charge in [0, 0.05) is 30.4 Å². The Morgan fingerprint density at radius 2 is 2.09 bits per heavy atom. The van der Waals surface area contributed by atoms with Gasteiger partial charge in [0.1, 0.15) is 5.69 Å². The standard InChI is InChI=1S/C18H23BrN2O2/c1-3-21-13-16(19)12-17(21)18(22)20-10-7-11-23-14(2)15-8-5-4-6-9-15/h4-6,8-9,12-14H,3,7,10-11H2,1-2H3,(H,20,22). The van der Waals surface area contributed by atoms with Crippen molar-refractivity contribution >= 4 is 21.8 Å². The molecule has 1 unspecified atom stereocenters. The van der Waals surface area contributed by atoms with Gasteiger partial charge in [-0.2, -0.15) is 0 Å². The van der Waals surface area contributed by atoms with Gasteiger partial charge in [0.25, 0.3) is 5.91 Å². The Balaban J connectivity index is 1.70. The highest BCUT2D eigenvalue weighted by Crippen LogP contribution is 2.16.